The van der Waals surface area contributed by atoms with Crippen molar-refractivity contribution in [1.29, 1.82) is 0 Å². The Kier molecular flexibility index (Phi) is 5.95. The molecule has 5 nitrogen and oxygen atoms in total. The smallest absolute Gasteiger partial charge is 0.270 e. The number of rotatable bonds is 5. The van der Waals surface area contributed by atoms with Crippen molar-refractivity contribution >= 4 is 27.7 Å². The molecule has 1 aliphatic rings. The minimum Gasteiger partial charge on any atom is -0.353 e. The summed E-state index contributed by atoms with van der Waals surface area (Å²) in [6, 6.07) is 26.7. The quantitative estimate of drug-likeness (QED) is 0.330. The maximum Gasteiger partial charge on any atom is 0.270 e. The third-order valence-corrected chi connectivity index (χ3v) is 7.02. The van der Waals surface area contributed by atoms with Crippen molar-refractivity contribution in [3.8, 4) is 11.3 Å². The first-order valence-electron chi connectivity index (χ1n) is 12.4. The van der Waals surface area contributed by atoms with E-state index in [1.54, 1.807) is 12.1 Å². The van der Waals surface area contributed by atoms with E-state index in [1.807, 2.05) is 36.4 Å². The fourth-order valence-corrected chi connectivity index (χ4v) is 5.12. The average Bonchev–Trinajstić information content (AvgIpc) is 3.29. The molecule has 5 aromatic rings. The zero-order chi connectivity index (χ0) is 24.5. The molecular weight excluding hydrogens is 451 g/mol. The molecule has 0 atom stereocenters. The summed E-state index contributed by atoms with van der Waals surface area (Å²) < 4.78 is 13.6. The van der Waals surface area contributed by atoms with Crippen molar-refractivity contribution in [3.63, 3.8) is 0 Å². The van der Waals surface area contributed by atoms with Crippen LogP contribution >= 0.6 is 0 Å². The number of aromatic amines is 1. The lowest BCUT2D eigenvalue weighted by Crippen LogP contribution is -2.44. The Morgan fingerprint density at radius 1 is 0.944 bits per heavy atom. The molecule has 1 saturated heterocycles. The number of amides is 1. The number of halogens is 1. The van der Waals surface area contributed by atoms with Crippen LogP contribution in [-0.2, 0) is 6.54 Å². The highest BCUT2D eigenvalue weighted by Gasteiger charge is 2.23. The number of benzene rings is 3. The highest BCUT2D eigenvalue weighted by atomic mass is 19.1. The molecule has 1 amide bonds. The van der Waals surface area contributed by atoms with E-state index >= 15 is 0 Å². The Labute approximate surface area is 209 Å². The van der Waals surface area contributed by atoms with Gasteiger partial charge in [0.15, 0.2) is 0 Å². The average molecular weight is 479 g/mol. The van der Waals surface area contributed by atoms with Crippen molar-refractivity contribution in [2.24, 2.45) is 0 Å². The van der Waals surface area contributed by atoms with Gasteiger partial charge in [0.2, 0.25) is 0 Å². The van der Waals surface area contributed by atoms with Crippen LogP contribution in [0.2, 0.25) is 0 Å². The van der Waals surface area contributed by atoms with Gasteiger partial charge in [0.25, 0.3) is 5.91 Å². The van der Waals surface area contributed by atoms with Gasteiger partial charge in [-0.25, -0.2) is 9.37 Å². The molecule has 180 valence electrons. The lowest BCUT2D eigenvalue weighted by Gasteiger charge is -2.32. The normalized spacial score (nSPS) is 14.9. The van der Waals surface area contributed by atoms with Crippen LogP contribution in [0, 0.1) is 5.82 Å². The fourth-order valence-electron chi connectivity index (χ4n) is 5.12. The van der Waals surface area contributed by atoms with Gasteiger partial charge in [-0.15, -0.1) is 0 Å². The summed E-state index contributed by atoms with van der Waals surface area (Å²) in [4.78, 5) is 24.0. The van der Waals surface area contributed by atoms with Crippen LogP contribution < -0.4 is 5.32 Å². The summed E-state index contributed by atoms with van der Waals surface area (Å²) in [5.41, 5.74) is 4.90. The van der Waals surface area contributed by atoms with Crippen LogP contribution in [0.1, 0.15) is 28.9 Å². The number of likely N-dealkylation sites (tertiary alicyclic amines) is 1. The number of hydrogen-bond donors (Lipinski definition) is 2. The molecule has 1 aliphatic heterocycles. The number of piperidine rings is 1. The van der Waals surface area contributed by atoms with Gasteiger partial charge in [0.05, 0.1) is 11.2 Å². The summed E-state index contributed by atoms with van der Waals surface area (Å²) >= 11 is 0. The van der Waals surface area contributed by atoms with E-state index in [9.17, 15) is 9.18 Å². The number of fused-ring (bicyclic) bond motifs is 3. The first kappa shape index (κ1) is 22.4. The van der Waals surface area contributed by atoms with Crippen LogP contribution in [0.15, 0.2) is 84.9 Å². The molecule has 0 radical (unpaired) electrons. The molecule has 0 bridgehead atoms. The topological polar surface area (TPSA) is 61.0 Å². The Morgan fingerprint density at radius 3 is 2.44 bits per heavy atom. The van der Waals surface area contributed by atoms with Crippen LogP contribution in [0.4, 0.5) is 4.39 Å². The second kappa shape index (κ2) is 9.55. The van der Waals surface area contributed by atoms with E-state index in [4.69, 9.17) is 4.98 Å². The van der Waals surface area contributed by atoms with Gasteiger partial charge in [0.1, 0.15) is 11.5 Å². The molecule has 0 saturated carbocycles. The van der Waals surface area contributed by atoms with E-state index in [1.165, 1.54) is 17.7 Å². The minimum absolute atomic E-state index is 0.110. The van der Waals surface area contributed by atoms with Gasteiger partial charge in [-0.3, -0.25) is 9.69 Å². The van der Waals surface area contributed by atoms with Gasteiger partial charge in [-0.05, 0) is 54.8 Å². The predicted octanol–water partition coefficient (Wildman–Crippen LogP) is 5.92. The molecule has 0 spiro atoms. The minimum atomic E-state index is -0.306. The van der Waals surface area contributed by atoms with E-state index in [2.05, 4.69) is 39.5 Å². The van der Waals surface area contributed by atoms with Gasteiger partial charge in [0, 0.05) is 47.5 Å². The van der Waals surface area contributed by atoms with Gasteiger partial charge in [-0.1, -0.05) is 48.5 Å². The molecule has 2 N–H and O–H groups in total. The van der Waals surface area contributed by atoms with Crippen molar-refractivity contribution in [2.45, 2.75) is 25.4 Å². The van der Waals surface area contributed by atoms with Crippen LogP contribution in [0.25, 0.3) is 33.1 Å². The third kappa shape index (κ3) is 4.48. The van der Waals surface area contributed by atoms with E-state index in [0.29, 0.717) is 11.4 Å². The molecular formula is C30H27FN4O. The molecule has 36 heavy (non-hydrogen) atoms. The molecule has 3 aromatic carbocycles. The monoisotopic (exact) mass is 478 g/mol. The summed E-state index contributed by atoms with van der Waals surface area (Å²) in [6.07, 6.45) is 1.80. The number of H-pyrrole nitrogens is 1. The number of carbonyl (C=O) groups excluding carboxylic acids is 1. The first-order valence-corrected chi connectivity index (χ1v) is 12.4. The van der Waals surface area contributed by atoms with E-state index in [-0.39, 0.29) is 17.8 Å². The lowest BCUT2D eigenvalue weighted by molar-refractivity contribution is 0.0904. The molecule has 3 heterocycles. The molecule has 2 aromatic heterocycles. The number of nitrogens with one attached hydrogen (secondary N) is 2. The highest BCUT2D eigenvalue weighted by Crippen LogP contribution is 2.33. The molecule has 0 unspecified atom stereocenters. The number of carbonyl (C=O) groups is 1. The predicted molar refractivity (Wildman–Crippen MR) is 141 cm³/mol. The Bertz CT molecular complexity index is 1520. The zero-order valence-corrected chi connectivity index (χ0v) is 19.9. The highest BCUT2D eigenvalue weighted by molar-refractivity contribution is 6.13. The summed E-state index contributed by atoms with van der Waals surface area (Å²) in [6.45, 7) is 2.81. The van der Waals surface area contributed by atoms with Crippen molar-refractivity contribution in [2.75, 3.05) is 13.1 Å². The summed E-state index contributed by atoms with van der Waals surface area (Å²) in [5, 5.41) is 5.18. The lowest BCUT2D eigenvalue weighted by atomic mass is 10.0. The second-order valence-electron chi connectivity index (χ2n) is 9.47. The second-order valence-corrected chi connectivity index (χ2v) is 9.47. The SMILES string of the molecule is O=C(NC1CCN(Cc2ccccc2)CC1)c1cc2c([nH]c3ccccc32)c(-c2ccc(F)cc2)n1. The van der Waals surface area contributed by atoms with Crippen LogP contribution in [0.5, 0.6) is 0 Å². The maximum atomic E-state index is 13.6. The maximum absolute atomic E-state index is 13.6. The Balaban J connectivity index is 1.25. The molecule has 6 rings (SSSR count). The van der Waals surface area contributed by atoms with Crippen molar-refractivity contribution in [1.82, 2.24) is 20.2 Å². The number of hydrogen-bond acceptors (Lipinski definition) is 3. The number of nitrogens with zero attached hydrogens (tertiary/aromatic N) is 2. The molecule has 0 aliphatic carbocycles. The van der Waals surface area contributed by atoms with Gasteiger partial charge >= 0.3 is 0 Å². The number of pyridine rings is 1. The summed E-state index contributed by atoms with van der Waals surface area (Å²) in [5.74, 6) is -0.480. The Morgan fingerprint density at radius 2 is 1.67 bits per heavy atom. The van der Waals surface area contributed by atoms with Gasteiger partial charge < -0.3 is 10.3 Å². The molecule has 6 heteroatoms. The van der Waals surface area contributed by atoms with E-state index in [0.717, 1.165) is 59.8 Å². The third-order valence-electron chi connectivity index (χ3n) is 7.02. The summed E-state index contributed by atoms with van der Waals surface area (Å²) in [7, 11) is 0. The Hall–Kier alpha value is -4.03. The van der Waals surface area contributed by atoms with Crippen molar-refractivity contribution in [3.05, 3.63) is 102 Å². The fraction of sp³-hybridized carbons (Fsp3) is 0.200. The largest absolute Gasteiger partial charge is 0.353 e. The number of para-hydroxylation sites is 1. The zero-order valence-electron chi connectivity index (χ0n) is 19.9. The molecule has 1 fully saturated rings. The standard InChI is InChI=1S/C30H27FN4O/c31-22-12-10-21(11-13-22)28-29-25(24-8-4-5-9-26(24)33-29)18-27(34-28)30(36)32-23-14-16-35(17-15-23)19-20-6-2-1-3-7-20/h1-13,18,23,33H,14-17,19H2,(H,32,36). The van der Waals surface area contributed by atoms with E-state index < -0.39 is 0 Å². The van der Waals surface area contributed by atoms with Crippen LogP contribution in [-0.4, -0.2) is 39.9 Å². The van der Waals surface area contributed by atoms with Gasteiger partial charge in [-0.2, -0.15) is 0 Å². The van der Waals surface area contributed by atoms with Crippen LogP contribution in [0.3, 0.4) is 0 Å². The number of aromatic nitrogens is 2. The van der Waals surface area contributed by atoms with Crippen molar-refractivity contribution < 1.29 is 9.18 Å². The first-order chi connectivity index (χ1) is 17.6.